The van der Waals surface area contributed by atoms with Crippen molar-refractivity contribution in [2.24, 2.45) is 5.41 Å². The number of imide groups is 1. The molecular formula is C16H26N2O2. The molecule has 0 radical (unpaired) electrons. The first-order valence-electron chi connectivity index (χ1n) is 8.34. The summed E-state index contributed by atoms with van der Waals surface area (Å²) in [5.41, 5.74) is -0.290. The predicted molar refractivity (Wildman–Crippen MR) is 77.3 cm³/mol. The molecule has 4 nitrogen and oxygen atoms in total. The summed E-state index contributed by atoms with van der Waals surface area (Å²) in [6, 6.07) is 0.00782. The van der Waals surface area contributed by atoms with E-state index in [1.54, 1.807) is 4.90 Å². The van der Waals surface area contributed by atoms with E-state index >= 15 is 0 Å². The van der Waals surface area contributed by atoms with Gasteiger partial charge in [0.05, 0.1) is 5.41 Å². The van der Waals surface area contributed by atoms with Gasteiger partial charge in [-0.15, -0.1) is 0 Å². The van der Waals surface area contributed by atoms with Gasteiger partial charge in [0.2, 0.25) is 5.91 Å². The monoisotopic (exact) mass is 278 g/mol. The van der Waals surface area contributed by atoms with Crippen LogP contribution < -0.4 is 5.32 Å². The van der Waals surface area contributed by atoms with Crippen molar-refractivity contribution in [2.75, 3.05) is 6.54 Å². The molecule has 1 saturated heterocycles. The molecule has 0 unspecified atom stereocenters. The molecule has 3 rings (SSSR count). The topological polar surface area (TPSA) is 49.4 Å². The zero-order valence-electron chi connectivity index (χ0n) is 12.3. The van der Waals surface area contributed by atoms with Gasteiger partial charge in [-0.25, -0.2) is 4.79 Å². The number of nitrogens with one attached hydrogen (secondary N) is 1. The molecule has 0 aromatic rings. The van der Waals surface area contributed by atoms with E-state index in [1.807, 2.05) is 0 Å². The van der Waals surface area contributed by atoms with Crippen molar-refractivity contribution >= 4 is 11.9 Å². The van der Waals surface area contributed by atoms with Gasteiger partial charge in [-0.2, -0.15) is 0 Å². The summed E-state index contributed by atoms with van der Waals surface area (Å²) < 4.78 is 0. The summed E-state index contributed by atoms with van der Waals surface area (Å²) in [4.78, 5) is 26.8. The van der Waals surface area contributed by atoms with Crippen LogP contribution in [0.5, 0.6) is 0 Å². The third-order valence-corrected chi connectivity index (χ3v) is 5.47. The Bertz CT molecular complexity index is 380. The molecule has 0 atom stereocenters. The second-order valence-corrected chi connectivity index (χ2v) is 6.82. The van der Waals surface area contributed by atoms with Crippen molar-refractivity contribution in [3.05, 3.63) is 0 Å². The lowest BCUT2D eigenvalue weighted by Crippen LogP contribution is -2.63. The van der Waals surface area contributed by atoms with Gasteiger partial charge in [0.1, 0.15) is 0 Å². The Morgan fingerprint density at radius 1 is 0.900 bits per heavy atom. The van der Waals surface area contributed by atoms with Crippen molar-refractivity contribution in [2.45, 2.75) is 76.7 Å². The van der Waals surface area contributed by atoms with Gasteiger partial charge >= 0.3 is 6.03 Å². The van der Waals surface area contributed by atoms with Crippen molar-refractivity contribution in [1.29, 1.82) is 0 Å². The average Bonchev–Trinajstić information content (AvgIpc) is 2.72. The quantitative estimate of drug-likeness (QED) is 0.800. The van der Waals surface area contributed by atoms with E-state index in [0.29, 0.717) is 6.54 Å². The van der Waals surface area contributed by atoms with Crippen LogP contribution in [0.25, 0.3) is 0 Å². The molecule has 1 aliphatic heterocycles. The Morgan fingerprint density at radius 3 is 2.15 bits per heavy atom. The Morgan fingerprint density at radius 2 is 1.50 bits per heavy atom. The third kappa shape index (κ3) is 2.45. The summed E-state index contributed by atoms with van der Waals surface area (Å²) in [6.07, 6.45) is 12.1. The average molecular weight is 278 g/mol. The minimum atomic E-state index is -0.290. The Kier molecular flexibility index (Phi) is 3.99. The highest BCUT2D eigenvalue weighted by Gasteiger charge is 2.48. The van der Waals surface area contributed by atoms with Gasteiger partial charge in [-0.05, 0) is 25.7 Å². The van der Waals surface area contributed by atoms with Gasteiger partial charge in [0, 0.05) is 12.6 Å². The molecule has 1 N–H and O–H groups in total. The zero-order chi connectivity index (χ0) is 14.0. The van der Waals surface area contributed by atoms with Gasteiger partial charge < -0.3 is 5.32 Å². The minimum absolute atomic E-state index is 0.134. The van der Waals surface area contributed by atoms with Crippen molar-refractivity contribution < 1.29 is 9.59 Å². The fourth-order valence-corrected chi connectivity index (χ4v) is 4.22. The SMILES string of the molecule is O=C1NCC2(CCCCCC2)C(=O)N1C1CCCCC1. The minimum Gasteiger partial charge on any atom is -0.337 e. The number of hydrogen-bond acceptors (Lipinski definition) is 2. The second kappa shape index (κ2) is 5.74. The fourth-order valence-electron chi connectivity index (χ4n) is 4.22. The number of carbonyl (C=O) groups excluding carboxylic acids is 2. The molecule has 4 heteroatoms. The number of carbonyl (C=O) groups is 2. The number of rotatable bonds is 1. The highest BCUT2D eigenvalue weighted by atomic mass is 16.2. The van der Waals surface area contributed by atoms with Crippen LogP contribution >= 0.6 is 0 Å². The van der Waals surface area contributed by atoms with E-state index in [2.05, 4.69) is 5.32 Å². The van der Waals surface area contributed by atoms with Crippen LogP contribution in [0.3, 0.4) is 0 Å². The van der Waals surface area contributed by atoms with E-state index in [4.69, 9.17) is 0 Å². The zero-order valence-corrected chi connectivity index (χ0v) is 12.3. The summed E-state index contributed by atoms with van der Waals surface area (Å²) in [5.74, 6) is 0.134. The molecular weight excluding hydrogens is 252 g/mol. The number of amides is 3. The summed E-state index contributed by atoms with van der Waals surface area (Å²) in [5, 5.41) is 3.01. The molecule has 3 amide bonds. The van der Waals surface area contributed by atoms with Crippen LogP contribution in [-0.2, 0) is 4.79 Å². The Hall–Kier alpha value is -1.06. The molecule has 112 valence electrons. The largest absolute Gasteiger partial charge is 0.337 e. The summed E-state index contributed by atoms with van der Waals surface area (Å²) in [7, 11) is 0. The van der Waals surface area contributed by atoms with E-state index in [9.17, 15) is 9.59 Å². The molecule has 3 aliphatic rings. The Balaban J connectivity index is 1.81. The number of nitrogens with zero attached hydrogens (tertiary/aromatic N) is 1. The van der Waals surface area contributed by atoms with Crippen LogP contribution in [0, 0.1) is 5.41 Å². The lowest BCUT2D eigenvalue weighted by molar-refractivity contribution is -0.144. The van der Waals surface area contributed by atoms with Crippen LogP contribution in [0.1, 0.15) is 70.6 Å². The van der Waals surface area contributed by atoms with E-state index < -0.39 is 0 Å². The summed E-state index contributed by atoms with van der Waals surface area (Å²) >= 11 is 0. The van der Waals surface area contributed by atoms with E-state index in [0.717, 1.165) is 51.4 Å². The second-order valence-electron chi connectivity index (χ2n) is 6.82. The van der Waals surface area contributed by atoms with Crippen LogP contribution in [0.2, 0.25) is 0 Å². The van der Waals surface area contributed by atoms with Gasteiger partial charge in [-0.1, -0.05) is 44.9 Å². The molecule has 3 fully saturated rings. The Labute approximate surface area is 121 Å². The first kappa shape index (κ1) is 13.9. The highest BCUT2D eigenvalue weighted by molar-refractivity contribution is 6.00. The fraction of sp³-hybridized carbons (Fsp3) is 0.875. The van der Waals surface area contributed by atoms with Crippen LogP contribution in [0.4, 0.5) is 4.79 Å². The maximum absolute atomic E-state index is 13.0. The van der Waals surface area contributed by atoms with Crippen LogP contribution in [0.15, 0.2) is 0 Å². The van der Waals surface area contributed by atoms with Crippen molar-refractivity contribution in [3.63, 3.8) is 0 Å². The molecule has 20 heavy (non-hydrogen) atoms. The number of hydrogen-bond donors (Lipinski definition) is 1. The maximum Gasteiger partial charge on any atom is 0.324 e. The number of urea groups is 1. The lowest BCUT2D eigenvalue weighted by Gasteiger charge is -2.44. The van der Waals surface area contributed by atoms with E-state index in [-0.39, 0.29) is 23.4 Å². The molecule has 1 spiro atoms. The van der Waals surface area contributed by atoms with Crippen molar-refractivity contribution in [1.82, 2.24) is 10.2 Å². The first-order valence-corrected chi connectivity index (χ1v) is 8.34. The molecule has 0 bridgehead atoms. The molecule has 2 saturated carbocycles. The molecule has 0 aromatic heterocycles. The smallest absolute Gasteiger partial charge is 0.324 e. The predicted octanol–water partition coefficient (Wildman–Crippen LogP) is 3.21. The standard InChI is InChI=1S/C16H26N2O2/c19-14-16(10-6-1-2-7-11-16)12-17-15(20)18(14)13-8-4-3-5-9-13/h13H,1-12H2,(H,17,20). The molecule has 2 aliphatic carbocycles. The van der Waals surface area contributed by atoms with Crippen LogP contribution in [-0.4, -0.2) is 29.4 Å². The third-order valence-electron chi connectivity index (χ3n) is 5.47. The molecule has 1 heterocycles. The van der Waals surface area contributed by atoms with Gasteiger partial charge in [-0.3, -0.25) is 9.69 Å². The van der Waals surface area contributed by atoms with E-state index in [1.165, 1.54) is 19.3 Å². The van der Waals surface area contributed by atoms with Gasteiger partial charge in [0.15, 0.2) is 0 Å². The molecule has 0 aromatic carbocycles. The first-order chi connectivity index (χ1) is 9.73. The lowest BCUT2D eigenvalue weighted by atomic mass is 9.77. The van der Waals surface area contributed by atoms with Gasteiger partial charge in [0.25, 0.3) is 0 Å². The maximum atomic E-state index is 13.0. The normalized spacial score (nSPS) is 28.3. The summed E-state index contributed by atoms with van der Waals surface area (Å²) in [6.45, 7) is 0.563. The van der Waals surface area contributed by atoms with Crippen molar-refractivity contribution in [3.8, 4) is 0 Å². The highest BCUT2D eigenvalue weighted by Crippen LogP contribution is 2.39.